The largest absolute Gasteiger partial charge is 0.398 e. The fraction of sp³-hybridized carbons (Fsp3) is 0.188. The Bertz CT molecular complexity index is 617. The molecule has 0 aromatic heterocycles. The van der Waals surface area contributed by atoms with Crippen LogP contribution >= 0.6 is 0 Å². The normalized spacial score (nSPS) is 10.4. The summed E-state index contributed by atoms with van der Waals surface area (Å²) >= 11 is 0. The predicted octanol–water partition coefficient (Wildman–Crippen LogP) is 2.04. The van der Waals surface area contributed by atoms with E-state index in [2.05, 4.69) is 0 Å². The number of carbonyl (C=O) groups is 1. The summed E-state index contributed by atoms with van der Waals surface area (Å²) in [7, 11) is 0. The van der Waals surface area contributed by atoms with Crippen molar-refractivity contribution in [3.8, 4) is 0 Å². The van der Waals surface area contributed by atoms with Crippen molar-refractivity contribution in [1.82, 2.24) is 4.90 Å². The van der Waals surface area contributed by atoms with Crippen molar-refractivity contribution in [2.75, 3.05) is 18.9 Å². The molecule has 0 spiro atoms. The van der Waals surface area contributed by atoms with Gasteiger partial charge in [0.25, 0.3) is 5.91 Å². The first-order valence-electron chi connectivity index (χ1n) is 6.61. The Hall–Kier alpha value is -2.40. The molecular formula is C16H17FN2O2. The average Bonchev–Trinajstić information content (AvgIpc) is 2.49. The van der Waals surface area contributed by atoms with Crippen LogP contribution in [0.3, 0.4) is 0 Å². The molecule has 4 nitrogen and oxygen atoms in total. The number of anilines is 1. The number of carbonyl (C=O) groups excluding carboxylic acids is 1. The lowest BCUT2D eigenvalue weighted by Crippen LogP contribution is -2.33. The van der Waals surface area contributed by atoms with Gasteiger partial charge in [-0.3, -0.25) is 4.79 Å². The Labute approximate surface area is 122 Å². The topological polar surface area (TPSA) is 66.6 Å². The average molecular weight is 288 g/mol. The van der Waals surface area contributed by atoms with Crippen molar-refractivity contribution in [1.29, 1.82) is 0 Å². The second-order valence-corrected chi connectivity index (χ2v) is 4.67. The third kappa shape index (κ3) is 3.79. The highest BCUT2D eigenvalue weighted by Crippen LogP contribution is 2.17. The van der Waals surface area contributed by atoms with Crippen molar-refractivity contribution < 1.29 is 14.3 Å². The summed E-state index contributed by atoms with van der Waals surface area (Å²) in [5.74, 6) is -0.916. The van der Waals surface area contributed by atoms with Crippen LogP contribution in [0.15, 0.2) is 48.5 Å². The molecule has 0 fully saturated rings. The molecule has 0 unspecified atom stereocenters. The third-order valence-corrected chi connectivity index (χ3v) is 3.12. The highest BCUT2D eigenvalue weighted by atomic mass is 19.1. The van der Waals surface area contributed by atoms with Crippen LogP contribution < -0.4 is 5.73 Å². The maximum Gasteiger partial charge on any atom is 0.256 e. The number of rotatable bonds is 5. The van der Waals surface area contributed by atoms with Crippen molar-refractivity contribution in [3.63, 3.8) is 0 Å². The SMILES string of the molecule is Nc1ccc(F)cc1C(=O)N(CCO)Cc1ccccc1. The zero-order valence-corrected chi connectivity index (χ0v) is 11.5. The summed E-state index contributed by atoms with van der Waals surface area (Å²) in [6, 6.07) is 13.1. The third-order valence-electron chi connectivity index (χ3n) is 3.12. The molecule has 0 atom stereocenters. The number of aliphatic hydroxyl groups is 1. The van der Waals surface area contributed by atoms with Crippen LogP contribution in [0.2, 0.25) is 0 Å². The first kappa shape index (κ1) is 15.0. The Morgan fingerprint density at radius 2 is 1.90 bits per heavy atom. The standard InChI is InChI=1S/C16H17FN2O2/c17-13-6-7-15(18)14(10-13)16(21)19(8-9-20)11-12-4-2-1-3-5-12/h1-7,10,20H,8-9,11,18H2. The summed E-state index contributed by atoms with van der Waals surface area (Å²) in [6.07, 6.45) is 0. The lowest BCUT2D eigenvalue weighted by molar-refractivity contribution is 0.0708. The molecule has 0 saturated carbocycles. The number of hydrogen-bond donors (Lipinski definition) is 2. The van der Waals surface area contributed by atoms with Crippen LogP contribution in [0.1, 0.15) is 15.9 Å². The number of amides is 1. The van der Waals surface area contributed by atoms with Gasteiger partial charge in [0.1, 0.15) is 5.82 Å². The van der Waals surface area contributed by atoms with E-state index >= 15 is 0 Å². The lowest BCUT2D eigenvalue weighted by atomic mass is 10.1. The molecule has 0 aliphatic carbocycles. The summed E-state index contributed by atoms with van der Waals surface area (Å²) in [6.45, 7) is 0.313. The maximum atomic E-state index is 13.3. The van der Waals surface area contributed by atoms with Crippen molar-refractivity contribution in [3.05, 3.63) is 65.5 Å². The molecule has 3 N–H and O–H groups in total. The minimum Gasteiger partial charge on any atom is -0.398 e. The molecule has 21 heavy (non-hydrogen) atoms. The Balaban J connectivity index is 2.25. The fourth-order valence-corrected chi connectivity index (χ4v) is 2.06. The zero-order chi connectivity index (χ0) is 15.2. The second kappa shape index (κ2) is 6.85. The molecule has 0 saturated heterocycles. The molecule has 0 aliphatic rings. The van der Waals surface area contributed by atoms with E-state index in [1.54, 1.807) is 0 Å². The number of aliphatic hydroxyl groups excluding tert-OH is 1. The van der Waals surface area contributed by atoms with Crippen molar-refractivity contribution >= 4 is 11.6 Å². The first-order chi connectivity index (χ1) is 10.1. The highest BCUT2D eigenvalue weighted by molar-refractivity contribution is 5.99. The van der Waals surface area contributed by atoms with E-state index in [4.69, 9.17) is 10.8 Å². The number of benzene rings is 2. The first-order valence-corrected chi connectivity index (χ1v) is 6.61. The summed E-state index contributed by atoms with van der Waals surface area (Å²) in [4.78, 5) is 13.9. The predicted molar refractivity (Wildman–Crippen MR) is 79.1 cm³/mol. The molecule has 110 valence electrons. The minimum absolute atomic E-state index is 0.111. The van der Waals surface area contributed by atoms with E-state index in [0.29, 0.717) is 6.54 Å². The molecule has 2 aromatic rings. The van der Waals surface area contributed by atoms with Gasteiger partial charge in [-0.1, -0.05) is 30.3 Å². The second-order valence-electron chi connectivity index (χ2n) is 4.67. The van der Waals surface area contributed by atoms with Gasteiger partial charge in [0.2, 0.25) is 0 Å². The summed E-state index contributed by atoms with van der Waals surface area (Å²) in [5, 5.41) is 9.14. The van der Waals surface area contributed by atoms with Crippen LogP contribution in [-0.4, -0.2) is 29.1 Å². The Morgan fingerprint density at radius 1 is 1.19 bits per heavy atom. The van der Waals surface area contributed by atoms with Crippen molar-refractivity contribution in [2.24, 2.45) is 0 Å². The number of nitrogens with zero attached hydrogens (tertiary/aromatic N) is 1. The maximum absolute atomic E-state index is 13.3. The smallest absolute Gasteiger partial charge is 0.256 e. The Morgan fingerprint density at radius 3 is 2.57 bits per heavy atom. The fourth-order valence-electron chi connectivity index (χ4n) is 2.06. The van der Waals surface area contributed by atoms with Gasteiger partial charge >= 0.3 is 0 Å². The van der Waals surface area contributed by atoms with E-state index in [1.165, 1.54) is 17.0 Å². The Kier molecular flexibility index (Phi) is 4.90. The quantitative estimate of drug-likeness (QED) is 0.827. The molecule has 5 heteroatoms. The van der Waals surface area contributed by atoms with E-state index < -0.39 is 11.7 Å². The lowest BCUT2D eigenvalue weighted by Gasteiger charge is -2.22. The van der Waals surface area contributed by atoms with Gasteiger partial charge in [0, 0.05) is 18.8 Å². The van der Waals surface area contributed by atoms with Crippen LogP contribution in [0.4, 0.5) is 10.1 Å². The monoisotopic (exact) mass is 288 g/mol. The molecule has 0 bridgehead atoms. The number of nitrogens with two attached hydrogens (primary N) is 1. The van der Waals surface area contributed by atoms with Crippen molar-refractivity contribution in [2.45, 2.75) is 6.54 Å². The van der Waals surface area contributed by atoms with Gasteiger partial charge in [-0.2, -0.15) is 0 Å². The van der Waals surface area contributed by atoms with E-state index in [9.17, 15) is 9.18 Å². The van der Waals surface area contributed by atoms with Gasteiger partial charge in [-0.15, -0.1) is 0 Å². The van der Waals surface area contributed by atoms with Gasteiger partial charge in [-0.25, -0.2) is 4.39 Å². The summed E-state index contributed by atoms with van der Waals surface area (Å²) < 4.78 is 13.3. The summed E-state index contributed by atoms with van der Waals surface area (Å²) in [5.41, 5.74) is 7.00. The zero-order valence-electron chi connectivity index (χ0n) is 11.5. The van der Waals surface area contributed by atoms with Crippen LogP contribution in [0, 0.1) is 5.82 Å². The molecule has 2 rings (SSSR count). The van der Waals surface area contributed by atoms with Gasteiger partial charge in [0.05, 0.1) is 12.2 Å². The van der Waals surface area contributed by atoms with Crippen LogP contribution in [0.25, 0.3) is 0 Å². The van der Waals surface area contributed by atoms with Gasteiger partial charge in [0.15, 0.2) is 0 Å². The van der Waals surface area contributed by atoms with Crippen LogP contribution in [-0.2, 0) is 6.54 Å². The molecule has 0 radical (unpaired) electrons. The minimum atomic E-state index is -0.517. The van der Waals surface area contributed by atoms with Gasteiger partial charge in [-0.05, 0) is 23.8 Å². The molecule has 1 amide bonds. The van der Waals surface area contributed by atoms with Crippen LogP contribution in [0.5, 0.6) is 0 Å². The van der Waals surface area contributed by atoms with E-state index in [0.717, 1.165) is 11.6 Å². The molecular weight excluding hydrogens is 271 g/mol. The highest BCUT2D eigenvalue weighted by Gasteiger charge is 2.18. The molecule has 2 aromatic carbocycles. The number of halogens is 1. The number of nitrogen functional groups attached to an aromatic ring is 1. The molecule has 0 heterocycles. The number of hydrogen-bond acceptors (Lipinski definition) is 3. The van der Waals surface area contributed by atoms with E-state index in [1.807, 2.05) is 30.3 Å². The van der Waals surface area contributed by atoms with Gasteiger partial charge < -0.3 is 15.7 Å². The molecule has 0 aliphatic heterocycles. The van der Waals surface area contributed by atoms with E-state index in [-0.39, 0.29) is 24.4 Å².